The molecule has 3 fully saturated rings. The van der Waals surface area contributed by atoms with Crippen molar-refractivity contribution in [3.05, 3.63) is 65.1 Å². The summed E-state index contributed by atoms with van der Waals surface area (Å²) in [6.45, 7) is 8.41. The highest BCUT2D eigenvalue weighted by Gasteiger charge is 2.53. The van der Waals surface area contributed by atoms with Gasteiger partial charge in [0.15, 0.2) is 15.4 Å². The number of fused-ring (bicyclic) bond motifs is 4. The third-order valence-electron chi connectivity index (χ3n) is 9.98. The molecule has 268 valence electrons. The second-order valence-corrected chi connectivity index (χ2v) is 16.5. The summed E-state index contributed by atoms with van der Waals surface area (Å²) in [4.78, 5) is 44.3. The minimum absolute atomic E-state index is 0.0436. The number of esters is 1. The Bertz CT molecular complexity index is 1920. The Balaban J connectivity index is 1.24. The fourth-order valence-corrected chi connectivity index (χ4v) is 8.84. The molecular weight excluding hydrogens is 669 g/mol. The molecule has 7 rings (SSSR count). The summed E-state index contributed by atoms with van der Waals surface area (Å²) in [5.41, 5.74) is 4.10. The number of nitrogens with two attached hydrogens (primary N) is 1. The quantitative estimate of drug-likeness (QED) is 0.303. The molecule has 4 aliphatic rings. The van der Waals surface area contributed by atoms with Gasteiger partial charge in [-0.2, -0.15) is 4.98 Å². The van der Waals surface area contributed by atoms with E-state index in [1.165, 1.54) is 11.8 Å². The highest BCUT2D eigenvalue weighted by atomic mass is 32.2. The van der Waals surface area contributed by atoms with Crippen LogP contribution in [0.3, 0.4) is 0 Å². The van der Waals surface area contributed by atoms with Gasteiger partial charge in [0.1, 0.15) is 11.6 Å². The van der Waals surface area contributed by atoms with Crippen LogP contribution in [0.15, 0.2) is 45.8 Å². The van der Waals surface area contributed by atoms with E-state index in [0.29, 0.717) is 55.7 Å². The maximum atomic E-state index is 15.7. The monoisotopic (exact) mass is 711 g/mol. The third kappa shape index (κ3) is 6.72. The Labute approximate surface area is 290 Å². The molecule has 15 heteroatoms. The Morgan fingerprint density at radius 1 is 1.12 bits per heavy atom. The summed E-state index contributed by atoms with van der Waals surface area (Å²) in [6, 6.07) is 7.53. The molecule has 3 saturated carbocycles. The van der Waals surface area contributed by atoms with E-state index in [1.54, 1.807) is 38.1 Å². The molecule has 13 nitrogen and oxygen atoms in total. The summed E-state index contributed by atoms with van der Waals surface area (Å²) in [5.74, 6) is -2.22. The number of nitrogens with zero attached hydrogens (tertiary/aromatic N) is 3. The maximum absolute atomic E-state index is 15.7. The second kappa shape index (κ2) is 12.7. The fraction of sp³-hybridized carbons (Fsp3) is 0.514. The van der Waals surface area contributed by atoms with Gasteiger partial charge in [-0.25, -0.2) is 12.8 Å². The van der Waals surface area contributed by atoms with Crippen molar-refractivity contribution in [3.63, 3.8) is 0 Å². The van der Waals surface area contributed by atoms with E-state index in [0.717, 1.165) is 12.1 Å². The fourth-order valence-electron chi connectivity index (χ4n) is 7.28. The van der Waals surface area contributed by atoms with Crippen molar-refractivity contribution in [2.75, 3.05) is 10.7 Å². The predicted octanol–water partition coefficient (Wildman–Crippen LogP) is 4.22. The van der Waals surface area contributed by atoms with Gasteiger partial charge in [-0.05, 0) is 96.0 Å². The molecule has 0 radical (unpaired) electrons. The molecule has 1 aromatic heterocycles. The predicted molar refractivity (Wildman–Crippen MR) is 178 cm³/mol. The first-order valence-electron chi connectivity index (χ1n) is 16.7. The van der Waals surface area contributed by atoms with Crippen LogP contribution in [-0.4, -0.2) is 59.8 Å². The zero-order chi connectivity index (χ0) is 36.2. The van der Waals surface area contributed by atoms with Crippen LogP contribution in [-0.2, 0) is 41.7 Å². The number of rotatable bonds is 9. The molecule has 2 aromatic carbocycles. The first kappa shape index (κ1) is 35.5. The van der Waals surface area contributed by atoms with Crippen LogP contribution >= 0.6 is 0 Å². The molecule has 3 N–H and O–H groups in total. The number of sulfone groups is 1. The number of benzene rings is 2. The lowest BCUT2D eigenvalue weighted by Crippen LogP contribution is -2.58. The van der Waals surface area contributed by atoms with Crippen molar-refractivity contribution in [3.8, 4) is 5.75 Å². The molecule has 1 atom stereocenters. The molecule has 3 aliphatic carbocycles. The van der Waals surface area contributed by atoms with Gasteiger partial charge in [0, 0.05) is 17.9 Å². The number of nitrogens with one attached hydrogen (secondary N) is 1. The summed E-state index contributed by atoms with van der Waals surface area (Å²) in [5, 5.41) is 7.14. The average Bonchev–Trinajstić information content (AvgIpc) is 3.55. The van der Waals surface area contributed by atoms with Crippen molar-refractivity contribution >= 4 is 33.3 Å². The van der Waals surface area contributed by atoms with Gasteiger partial charge in [0.2, 0.25) is 17.6 Å². The topological polar surface area (TPSA) is 184 Å². The van der Waals surface area contributed by atoms with Gasteiger partial charge in [0.25, 0.3) is 5.91 Å². The van der Waals surface area contributed by atoms with E-state index in [-0.39, 0.29) is 29.7 Å². The molecule has 1 aliphatic heterocycles. The average molecular weight is 712 g/mol. The Morgan fingerprint density at radius 2 is 1.76 bits per heavy atom. The number of carbonyl (C=O) groups is 3. The lowest BCUT2D eigenvalue weighted by molar-refractivity contribution is -0.155. The van der Waals surface area contributed by atoms with E-state index >= 15 is 4.39 Å². The number of halogens is 1. The highest BCUT2D eigenvalue weighted by Crippen LogP contribution is 2.53. The van der Waals surface area contributed by atoms with Gasteiger partial charge < -0.3 is 29.9 Å². The minimum Gasteiger partial charge on any atom is -0.491 e. The van der Waals surface area contributed by atoms with Gasteiger partial charge in [-0.1, -0.05) is 17.3 Å². The molecule has 50 heavy (non-hydrogen) atoms. The van der Waals surface area contributed by atoms with E-state index in [1.807, 2.05) is 13.8 Å². The normalized spacial score (nSPS) is 24.4. The van der Waals surface area contributed by atoms with E-state index in [9.17, 15) is 22.8 Å². The number of hydrogen-bond donors (Lipinski definition) is 2. The SMILES string of the molecule is CC(=O)OC(C)(C)c1noc(C23CCC(NC(=O)c4cc5c(cc4F)S(=O)(=O)C[C@H](N)C(=O)N5Cc4ccc(OC(C)C)cc4)(CC2)CC3)n1. The highest BCUT2D eigenvalue weighted by molar-refractivity contribution is 7.91. The van der Waals surface area contributed by atoms with E-state index < -0.39 is 66.7 Å². The lowest BCUT2D eigenvalue weighted by atomic mass is 9.57. The van der Waals surface area contributed by atoms with Crippen LogP contribution < -0.4 is 20.7 Å². The number of carbonyl (C=O) groups excluding carboxylic acids is 3. The molecule has 0 saturated heterocycles. The van der Waals surface area contributed by atoms with E-state index in [4.69, 9.17) is 19.7 Å². The van der Waals surface area contributed by atoms with Crippen LogP contribution in [0.2, 0.25) is 0 Å². The van der Waals surface area contributed by atoms with Gasteiger partial charge in [-0.3, -0.25) is 14.4 Å². The smallest absolute Gasteiger partial charge is 0.303 e. The number of aromatic nitrogens is 2. The molecular formula is C35H42FN5O8S. The first-order chi connectivity index (χ1) is 23.4. The largest absolute Gasteiger partial charge is 0.491 e. The van der Waals surface area contributed by atoms with Crippen LogP contribution in [0.4, 0.5) is 10.1 Å². The van der Waals surface area contributed by atoms with Gasteiger partial charge in [0.05, 0.1) is 40.6 Å². The Hall–Kier alpha value is -4.37. The lowest BCUT2D eigenvalue weighted by Gasteiger charge is -2.52. The van der Waals surface area contributed by atoms with Crippen molar-refractivity contribution < 1.29 is 41.2 Å². The summed E-state index contributed by atoms with van der Waals surface area (Å²) in [7, 11) is -4.18. The maximum Gasteiger partial charge on any atom is 0.303 e. The zero-order valence-electron chi connectivity index (χ0n) is 28.7. The number of anilines is 1. The zero-order valence-corrected chi connectivity index (χ0v) is 29.6. The number of amides is 2. The first-order valence-corrected chi connectivity index (χ1v) is 18.3. The van der Waals surface area contributed by atoms with Gasteiger partial charge >= 0.3 is 5.97 Å². The molecule has 0 spiro atoms. The molecule has 3 aromatic rings. The molecule has 2 amide bonds. The summed E-state index contributed by atoms with van der Waals surface area (Å²) >= 11 is 0. The van der Waals surface area contributed by atoms with E-state index in [2.05, 4.69) is 15.5 Å². The van der Waals surface area contributed by atoms with Crippen molar-refractivity contribution in [1.82, 2.24) is 15.5 Å². The van der Waals surface area contributed by atoms with Crippen molar-refractivity contribution in [2.45, 2.75) is 113 Å². The van der Waals surface area contributed by atoms with Crippen LogP contribution in [0, 0.1) is 5.82 Å². The van der Waals surface area contributed by atoms with Gasteiger partial charge in [-0.15, -0.1) is 0 Å². The van der Waals surface area contributed by atoms with Crippen molar-refractivity contribution in [2.24, 2.45) is 5.73 Å². The molecule has 0 unspecified atom stereocenters. The second-order valence-electron chi connectivity index (χ2n) is 14.5. The van der Waals surface area contributed by atoms with Crippen LogP contribution in [0.1, 0.15) is 101 Å². The summed E-state index contributed by atoms with van der Waals surface area (Å²) < 4.78 is 59.1. The summed E-state index contributed by atoms with van der Waals surface area (Å²) in [6.07, 6.45) is 3.49. The van der Waals surface area contributed by atoms with Crippen molar-refractivity contribution in [1.29, 1.82) is 0 Å². The standard InChI is InChI=1S/C35H42FN5O8S/c1-20(2)47-23-8-6-22(7-9-23)18-41-27-16-24(25(36)17-28(27)50(45,46)19-26(37)30(41)44)29(43)39-35-13-10-34(11-14-35,12-15-35)32-38-31(40-49-32)33(4,5)48-21(3)42/h6-9,16-17,20,26H,10-15,18-19,37H2,1-5H3,(H,39,43)/t26-,34?,35?/m0/s1. The Morgan fingerprint density at radius 3 is 2.36 bits per heavy atom. The van der Waals surface area contributed by atoms with Crippen LogP contribution in [0.5, 0.6) is 5.75 Å². The molecule has 2 bridgehead atoms. The number of hydrogen-bond acceptors (Lipinski definition) is 11. The number of ether oxygens (including phenoxy) is 2. The minimum atomic E-state index is -4.18. The molecule has 2 heterocycles. The Kier molecular flexibility index (Phi) is 9.04. The third-order valence-corrected chi connectivity index (χ3v) is 11.8. The van der Waals surface area contributed by atoms with Crippen LogP contribution in [0.25, 0.3) is 0 Å².